The first-order chi connectivity index (χ1) is 7.98. The van der Waals surface area contributed by atoms with Crippen LogP contribution in [0.5, 0.6) is 0 Å². The van der Waals surface area contributed by atoms with Gasteiger partial charge in [-0.2, -0.15) is 13.2 Å². The van der Waals surface area contributed by atoms with E-state index in [0.717, 1.165) is 0 Å². The Morgan fingerprint density at radius 2 is 2.00 bits per heavy atom. The van der Waals surface area contributed by atoms with E-state index in [1.165, 1.54) is 24.5 Å². The van der Waals surface area contributed by atoms with E-state index < -0.39 is 17.4 Å². The second-order valence-electron chi connectivity index (χ2n) is 3.22. The Balaban J connectivity index is 2.68. The van der Waals surface area contributed by atoms with Gasteiger partial charge in [0.1, 0.15) is 0 Å². The number of hydrogen-bond donors (Lipinski definition) is 1. The molecule has 88 valence electrons. The van der Waals surface area contributed by atoms with E-state index in [4.69, 9.17) is 0 Å². The van der Waals surface area contributed by atoms with Crippen LogP contribution in [-0.4, -0.2) is 15.0 Å². The highest BCUT2D eigenvalue weighted by Crippen LogP contribution is 2.34. The molecular formula is C10H6F3N3O. The molecule has 0 aliphatic carbocycles. The molecule has 0 saturated carbocycles. The van der Waals surface area contributed by atoms with Gasteiger partial charge in [-0.1, -0.05) is 0 Å². The molecule has 4 nitrogen and oxygen atoms in total. The van der Waals surface area contributed by atoms with Gasteiger partial charge >= 0.3 is 11.9 Å². The van der Waals surface area contributed by atoms with Crippen LogP contribution in [0.2, 0.25) is 0 Å². The molecule has 0 saturated heterocycles. The van der Waals surface area contributed by atoms with Gasteiger partial charge in [-0.15, -0.1) is 0 Å². The average molecular weight is 241 g/mol. The Labute approximate surface area is 93.2 Å². The lowest BCUT2D eigenvalue weighted by atomic mass is 10.1. The van der Waals surface area contributed by atoms with Crippen molar-refractivity contribution in [2.45, 2.75) is 6.18 Å². The minimum absolute atomic E-state index is 0.180. The van der Waals surface area contributed by atoms with Gasteiger partial charge in [0.2, 0.25) is 0 Å². The molecule has 2 heterocycles. The van der Waals surface area contributed by atoms with Crippen molar-refractivity contribution in [3.05, 3.63) is 46.8 Å². The highest BCUT2D eigenvalue weighted by Gasteiger charge is 2.34. The molecule has 2 rings (SSSR count). The van der Waals surface area contributed by atoms with Crippen LogP contribution in [0, 0.1) is 0 Å². The fourth-order valence-electron chi connectivity index (χ4n) is 1.35. The number of pyridine rings is 1. The minimum atomic E-state index is -4.58. The topological polar surface area (TPSA) is 58.6 Å². The number of halogens is 3. The second kappa shape index (κ2) is 4.00. The number of alkyl halides is 3. The third kappa shape index (κ3) is 2.32. The zero-order valence-electron chi connectivity index (χ0n) is 8.32. The monoisotopic (exact) mass is 241 g/mol. The van der Waals surface area contributed by atoms with Crippen LogP contribution in [0.3, 0.4) is 0 Å². The van der Waals surface area contributed by atoms with E-state index >= 15 is 0 Å². The second-order valence-corrected chi connectivity index (χ2v) is 3.22. The van der Waals surface area contributed by atoms with Gasteiger partial charge in [-0.3, -0.25) is 4.98 Å². The van der Waals surface area contributed by atoms with E-state index in [1.807, 2.05) is 0 Å². The largest absolute Gasteiger partial charge is 0.419 e. The lowest BCUT2D eigenvalue weighted by molar-refractivity contribution is -0.137. The fourth-order valence-corrected chi connectivity index (χ4v) is 1.35. The molecule has 0 aromatic carbocycles. The zero-order valence-corrected chi connectivity index (χ0v) is 8.32. The van der Waals surface area contributed by atoms with Gasteiger partial charge in [0.15, 0.2) is 0 Å². The van der Waals surface area contributed by atoms with E-state index in [2.05, 4.69) is 15.0 Å². The number of nitrogens with one attached hydrogen (secondary N) is 1. The summed E-state index contributed by atoms with van der Waals surface area (Å²) in [6, 6.07) is 2.90. The van der Waals surface area contributed by atoms with Crippen LogP contribution >= 0.6 is 0 Å². The van der Waals surface area contributed by atoms with Crippen LogP contribution in [0.4, 0.5) is 13.2 Å². The van der Waals surface area contributed by atoms with Crippen LogP contribution in [0.25, 0.3) is 11.3 Å². The van der Waals surface area contributed by atoms with Gasteiger partial charge < -0.3 is 4.98 Å². The summed E-state index contributed by atoms with van der Waals surface area (Å²) in [6.07, 6.45) is -1.40. The van der Waals surface area contributed by atoms with E-state index in [1.54, 1.807) is 0 Å². The van der Waals surface area contributed by atoms with Crippen molar-refractivity contribution in [3.8, 4) is 11.3 Å². The first-order valence-corrected chi connectivity index (χ1v) is 4.55. The number of H-pyrrole nitrogens is 1. The van der Waals surface area contributed by atoms with Gasteiger partial charge in [0.25, 0.3) is 0 Å². The highest BCUT2D eigenvalue weighted by molar-refractivity contribution is 5.61. The van der Waals surface area contributed by atoms with Crippen molar-refractivity contribution in [1.82, 2.24) is 15.0 Å². The number of aromatic amines is 1. The lowest BCUT2D eigenvalue weighted by Gasteiger charge is -2.10. The van der Waals surface area contributed by atoms with Crippen LogP contribution in [0.15, 0.2) is 35.5 Å². The molecule has 0 aliphatic heterocycles. The van der Waals surface area contributed by atoms with Crippen molar-refractivity contribution in [2.75, 3.05) is 0 Å². The summed E-state index contributed by atoms with van der Waals surface area (Å²) in [5.74, 6) is 0. The number of hydrogen-bond acceptors (Lipinski definition) is 3. The van der Waals surface area contributed by atoms with Crippen molar-refractivity contribution < 1.29 is 13.2 Å². The molecule has 0 aliphatic rings. The highest BCUT2D eigenvalue weighted by atomic mass is 19.4. The Hall–Kier alpha value is -2.18. The SMILES string of the molecule is O=c1ncc(C(F)(F)F)c(-c2cccnc2)[nH]1. The molecule has 0 atom stereocenters. The van der Waals surface area contributed by atoms with Gasteiger partial charge in [0, 0.05) is 24.2 Å². The summed E-state index contributed by atoms with van der Waals surface area (Å²) in [7, 11) is 0. The minimum Gasteiger partial charge on any atom is -0.305 e. The van der Waals surface area contributed by atoms with E-state index in [-0.39, 0.29) is 11.3 Å². The predicted molar refractivity (Wildman–Crippen MR) is 53.1 cm³/mol. The Kier molecular flexibility index (Phi) is 2.66. The number of rotatable bonds is 1. The summed E-state index contributed by atoms with van der Waals surface area (Å²) in [5.41, 5.74) is -1.98. The first kappa shape index (κ1) is 11.3. The Morgan fingerprint density at radius 3 is 2.59 bits per heavy atom. The van der Waals surface area contributed by atoms with Crippen LogP contribution in [-0.2, 0) is 6.18 Å². The zero-order chi connectivity index (χ0) is 12.5. The quantitative estimate of drug-likeness (QED) is 0.828. The first-order valence-electron chi connectivity index (χ1n) is 4.55. The van der Waals surface area contributed by atoms with Crippen molar-refractivity contribution in [3.63, 3.8) is 0 Å². The molecule has 7 heteroatoms. The van der Waals surface area contributed by atoms with Gasteiger partial charge in [-0.05, 0) is 12.1 Å². The van der Waals surface area contributed by atoms with E-state index in [9.17, 15) is 18.0 Å². The predicted octanol–water partition coefficient (Wildman–Crippen LogP) is 1.85. The maximum absolute atomic E-state index is 12.7. The molecule has 1 N–H and O–H groups in total. The molecule has 2 aromatic heterocycles. The third-order valence-corrected chi connectivity index (χ3v) is 2.07. The van der Waals surface area contributed by atoms with Crippen molar-refractivity contribution in [2.24, 2.45) is 0 Å². The van der Waals surface area contributed by atoms with Crippen molar-refractivity contribution >= 4 is 0 Å². The van der Waals surface area contributed by atoms with E-state index in [0.29, 0.717) is 6.20 Å². The third-order valence-electron chi connectivity index (χ3n) is 2.07. The molecule has 0 bridgehead atoms. The summed E-state index contributed by atoms with van der Waals surface area (Å²) >= 11 is 0. The number of aromatic nitrogens is 3. The lowest BCUT2D eigenvalue weighted by Crippen LogP contribution is -2.17. The Morgan fingerprint density at radius 1 is 1.24 bits per heavy atom. The average Bonchev–Trinajstić information content (AvgIpc) is 2.28. The van der Waals surface area contributed by atoms with Crippen LogP contribution < -0.4 is 5.69 Å². The molecule has 0 radical (unpaired) electrons. The standard InChI is InChI=1S/C10H6F3N3O/c11-10(12,13)7-5-15-9(17)16-8(7)6-2-1-3-14-4-6/h1-5H,(H,15,16,17). The Bertz CT molecular complexity index is 577. The van der Waals surface area contributed by atoms with Crippen LogP contribution in [0.1, 0.15) is 5.56 Å². The summed E-state index contributed by atoms with van der Waals surface area (Å²) in [6.45, 7) is 0. The van der Waals surface area contributed by atoms with Crippen molar-refractivity contribution in [1.29, 1.82) is 0 Å². The molecule has 17 heavy (non-hydrogen) atoms. The molecule has 2 aromatic rings. The molecule has 0 spiro atoms. The smallest absolute Gasteiger partial charge is 0.305 e. The number of nitrogens with zero attached hydrogens (tertiary/aromatic N) is 2. The van der Waals surface area contributed by atoms with Gasteiger partial charge in [-0.25, -0.2) is 9.78 Å². The maximum Gasteiger partial charge on any atom is 0.419 e. The molecule has 0 amide bonds. The fraction of sp³-hybridized carbons (Fsp3) is 0.100. The summed E-state index contributed by atoms with van der Waals surface area (Å²) in [5, 5.41) is 0. The normalized spacial score (nSPS) is 11.5. The maximum atomic E-state index is 12.7. The molecule has 0 fully saturated rings. The van der Waals surface area contributed by atoms with Gasteiger partial charge in [0.05, 0.1) is 11.3 Å². The summed E-state index contributed by atoms with van der Waals surface area (Å²) in [4.78, 5) is 19.8. The molecular weight excluding hydrogens is 235 g/mol. The molecule has 0 unspecified atom stereocenters. The summed E-state index contributed by atoms with van der Waals surface area (Å²) < 4.78 is 38.0.